The zero-order chi connectivity index (χ0) is 15.3. The van der Waals surface area contributed by atoms with E-state index in [0.29, 0.717) is 37.9 Å². The summed E-state index contributed by atoms with van der Waals surface area (Å²) in [7, 11) is -8.14. The predicted molar refractivity (Wildman–Crippen MR) is 83.2 cm³/mol. The summed E-state index contributed by atoms with van der Waals surface area (Å²) in [5, 5.41) is -1.32. The van der Waals surface area contributed by atoms with Crippen molar-refractivity contribution in [2.45, 2.75) is 60.2 Å². The smallest absolute Gasteiger partial charge is 0.158 e. The van der Waals surface area contributed by atoms with Crippen molar-refractivity contribution >= 4 is 30.5 Å². The molecular weight excluding hydrogens is 332 g/mol. The molecular formula is C13H22O5S3. The first-order valence-electron chi connectivity index (χ1n) is 7.62. The average Bonchev–Trinajstić information content (AvgIpc) is 2.96. The van der Waals surface area contributed by atoms with Gasteiger partial charge in [-0.15, -0.1) is 0 Å². The lowest BCUT2D eigenvalue weighted by molar-refractivity contribution is 0.395. The topological polar surface area (TPSA) is 85.3 Å². The fraction of sp³-hybridized carbons (Fsp3) is 1.00. The molecule has 21 heavy (non-hydrogen) atoms. The summed E-state index contributed by atoms with van der Waals surface area (Å²) in [5.74, 6) is 0.635. The lowest BCUT2D eigenvalue weighted by atomic mass is 9.88. The van der Waals surface area contributed by atoms with E-state index >= 15 is 0 Å². The zero-order valence-corrected chi connectivity index (χ0v) is 14.4. The van der Waals surface area contributed by atoms with Crippen molar-refractivity contribution in [1.29, 1.82) is 0 Å². The molecule has 3 aliphatic rings. The van der Waals surface area contributed by atoms with Gasteiger partial charge in [0.2, 0.25) is 0 Å². The summed E-state index contributed by atoms with van der Waals surface area (Å²) >= 11 is 0. The molecule has 0 aromatic rings. The van der Waals surface area contributed by atoms with Crippen LogP contribution in [0.3, 0.4) is 0 Å². The van der Waals surface area contributed by atoms with E-state index < -0.39 is 45.7 Å². The first kappa shape index (κ1) is 15.9. The quantitative estimate of drug-likeness (QED) is 0.733. The molecule has 0 spiro atoms. The number of hydrogen-bond acceptors (Lipinski definition) is 5. The molecule has 3 rings (SSSR count). The molecule has 8 heteroatoms. The van der Waals surface area contributed by atoms with Gasteiger partial charge in [0.25, 0.3) is 0 Å². The summed E-state index contributed by atoms with van der Waals surface area (Å²) in [6.45, 7) is 0. The third-order valence-corrected chi connectivity index (χ3v) is 12.8. The van der Waals surface area contributed by atoms with Gasteiger partial charge in [-0.3, -0.25) is 4.21 Å². The second kappa shape index (κ2) is 5.30. The van der Waals surface area contributed by atoms with Crippen LogP contribution in [0.5, 0.6) is 0 Å². The van der Waals surface area contributed by atoms with E-state index in [1.807, 2.05) is 0 Å². The molecule has 0 N–H and O–H groups in total. The molecule has 0 aromatic carbocycles. The van der Waals surface area contributed by atoms with Crippen molar-refractivity contribution in [3.8, 4) is 0 Å². The largest absolute Gasteiger partial charge is 0.259 e. The minimum atomic E-state index is -3.53. The van der Waals surface area contributed by atoms with Crippen LogP contribution in [0.2, 0.25) is 0 Å². The second-order valence-electron chi connectivity index (χ2n) is 6.44. The summed E-state index contributed by atoms with van der Waals surface area (Å²) in [4.78, 5) is 0. The highest BCUT2D eigenvalue weighted by Gasteiger charge is 2.62. The molecule has 3 saturated heterocycles. The summed E-state index contributed by atoms with van der Waals surface area (Å²) in [5.41, 5.74) is 0. The Kier molecular flexibility index (Phi) is 4.02. The monoisotopic (exact) mass is 354 g/mol. The Morgan fingerprint density at radius 2 is 1.67 bits per heavy atom. The van der Waals surface area contributed by atoms with Gasteiger partial charge < -0.3 is 0 Å². The van der Waals surface area contributed by atoms with E-state index in [1.165, 1.54) is 0 Å². The fourth-order valence-corrected chi connectivity index (χ4v) is 12.8. The van der Waals surface area contributed by atoms with Crippen LogP contribution in [0.15, 0.2) is 0 Å². The van der Waals surface area contributed by atoms with Gasteiger partial charge in [0, 0.05) is 16.6 Å². The van der Waals surface area contributed by atoms with Crippen molar-refractivity contribution < 1.29 is 21.0 Å². The maximum atomic E-state index is 12.9. The second-order valence-corrected chi connectivity index (χ2v) is 12.9. The SMILES string of the molecule is O=S1CCCC1C1(C2CCCS2(=O)=O)CCCCS1(=O)=O. The third kappa shape index (κ3) is 2.32. The normalized spacial score (nSPS) is 45.6. The molecule has 4 unspecified atom stereocenters. The van der Waals surface area contributed by atoms with E-state index in [-0.39, 0.29) is 11.5 Å². The average molecular weight is 355 g/mol. The molecule has 3 heterocycles. The van der Waals surface area contributed by atoms with Gasteiger partial charge in [0.15, 0.2) is 19.7 Å². The first-order valence-corrected chi connectivity index (χ1v) is 12.4. The maximum absolute atomic E-state index is 12.9. The van der Waals surface area contributed by atoms with Crippen LogP contribution in [-0.4, -0.2) is 53.5 Å². The van der Waals surface area contributed by atoms with E-state index in [1.54, 1.807) is 0 Å². The van der Waals surface area contributed by atoms with Gasteiger partial charge in [-0.2, -0.15) is 0 Å². The molecule has 122 valence electrons. The van der Waals surface area contributed by atoms with Gasteiger partial charge in [-0.25, -0.2) is 16.8 Å². The Labute approximate surface area is 129 Å². The maximum Gasteiger partial charge on any atom is 0.158 e. The van der Waals surface area contributed by atoms with Crippen LogP contribution >= 0.6 is 0 Å². The molecule has 3 aliphatic heterocycles. The highest BCUT2D eigenvalue weighted by atomic mass is 32.2. The first-order chi connectivity index (χ1) is 9.81. The van der Waals surface area contributed by atoms with Gasteiger partial charge in [0.1, 0.15) is 4.75 Å². The van der Waals surface area contributed by atoms with Crippen LogP contribution in [-0.2, 0) is 30.5 Å². The molecule has 0 saturated carbocycles. The summed E-state index contributed by atoms with van der Waals surface area (Å²) < 4.78 is 61.8. The standard InChI is InChI=1S/C13H22O5S3/c14-19-8-3-5-11(19)13(7-1-2-10-21(13,17)18)12-6-4-9-20(12,15)16/h11-12H,1-10H2. The Hall–Kier alpha value is 0.0500. The van der Waals surface area contributed by atoms with Gasteiger partial charge in [0.05, 0.1) is 22.0 Å². The van der Waals surface area contributed by atoms with Crippen molar-refractivity contribution in [3.63, 3.8) is 0 Å². The van der Waals surface area contributed by atoms with Crippen LogP contribution in [0.1, 0.15) is 44.9 Å². The van der Waals surface area contributed by atoms with E-state index in [0.717, 1.165) is 12.8 Å². The lowest BCUT2D eigenvalue weighted by Gasteiger charge is -2.44. The Morgan fingerprint density at radius 3 is 2.19 bits per heavy atom. The van der Waals surface area contributed by atoms with Crippen LogP contribution in [0.25, 0.3) is 0 Å². The highest BCUT2D eigenvalue weighted by Crippen LogP contribution is 2.48. The van der Waals surface area contributed by atoms with Crippen molar-refractivity contribution in [1.82, 2.24) is 0 Å². The molecule has 4 atom stereocenters. The number of sulfone groups is 2. The zero-order valence-electron chi connectivity index (χ0n) is 12.0. The van der Waals surface area contributed by atoms with Crippen LogP contribution in [0.4, 0.5) is 0 Å². The van der Waals surface area contributed by atoms with Crippen molar-refractivity contribution in [3.05, 3.63) is 0 Å². The molecule has 0 aromatic heterocycles. The van der Waals surface area contributed by atoms with Crippen LogP contribution < -0.4 is 0 Å². The van der Waals surface area contributed by atoms with Gasteiger partial charge in [-0.05, 0) is 38.5 Å². The molecule has 5 nitrogen and oxygen atoms in total. The highest BCUT2D eigenvalue weighted by molar-refractivity contribution is 7.97. The van der Waals surface area contributed by atoms with Gasteiger partial charge in [-0.1, -0.05) is 6.42 Å². The van der Waals surface area contributed by atoms with Gasteiger partial charge >= 0.3 is 0 Å². The lowest BCUT2D eigenvalue weighted by Crippen LogP contribution is -2.61. The Bertz CT molecular complexity index is 651. The number of hydrogen-bond donors (Lipinski definition) is 0. The third-order valence-electron chi connectivity index (χ3n) is 5.36. The van der Waals surface area contributed by atoms with Crippen molar-refractivity contribution in [2.24, 2.45) is 0 Å². The van der Waals surface area contributed by atoms with E-state index in [4.69, 9.17) is 0 Å². The number of rotatable bonds is 2. The van der Waals surface area contributed by atoms with E-state index in [9.17, 15) is 21.0 Å². The fourth-order valence-electron chi connectivity index (χ4n) is 4.46. The predicted octanol–water partition coefficient (Wildman–Crippen LogP) is 0.812. The summed E-state index contributed by atoms with van der Waals surface area (Å²) in [6.07, 6.45) is 3.95. The van der Waals surface area contributed by atoms with Crippen molar-refractivity contribution in [2.75, 3.05) is 17.3 Å². The van der Waals surface area contributed by atoms with Crippen LogP contribution in [0, 0.1) is 0 Å². The summed E-state index contributed by atoms with van der Waals surface area (Å²) in [6, 6.07) is 0. The molecule has 0 radical (unpaired) electrons. The minimum Gasteiger partial charge on any atom is -0.259 e. The molecule has 0 amide bonds. The molecule has 3 fully saturated rings. The van der Waals surface area contributed by atoms with E-state index in [2.05, 4.69) is 0 Å². The molecule has 0 aliphatic carbocycles. The minimum absolute atomic E-state index is 0.0483. The molecule has 0 bridgehead atoms. The Morgan fingerprint density at radius 1 is 0.905 bits per heavy atom. The Balaban J connectivity index is 2.17.